The number of sulfonamides is 1. The van der Waals surface area contributed by atoms with Crippen LogP contribution in [0.4, 0.5) is 0 Å². The second-order valence-electron chi connectivity index (χ2n) is 6.66. The number of nitrogens with one attached hydrogen (secondary N) is 1. The lowest BCUT2D eigenvalue weighted by Gasteiger charge is -2.17. The summed E-state index contributed by atoms with van der Waals surface area (Å²) in [5.41, 5.74) is 1.04. The topological polar surface area (TPSA) is 75.7 Å². The fourth-order valence-corrected chi connectivity index (χ4v) is 4.79. The second-order valence-corrected chi connectivity index (χ2v) is 8.60. The molecular weight excluding hydrogens is 364 g/mol. The molecule has 2 aromatic carbocycles. The molecule has 6 nitrogen and oxygen atoms in total. The van der Waals surface area contributed by atoms with E-state index in [1.54, 1.807) is 18.2 Å². The fraction of sp³-hybridized carbons (Fsp3) is 0.350. The number of hydrogen-bond donors (Lipinski definition) is 1. The van der Waals surface area contributed by atoms with Gasteiger partial charge in [0.2, 0.25) is 15.9 Å². The van der Waals surface area contributed by atoms with E-state index in [1.165, 1.54) is 17.5 Å². The molecule has 0 aromatic heterocycles. The summed E-state index contributed by atoms with van der Waals surface area (Å²) in [5.74, 6) is 0.484. The molecule has 0 aliphatic carbocycles. The normalized spacial score (nSPS) is 17.6. The van der Waals surface area contributed by atoms with Crippen molar-refractivity contribution in [2.75, 3.05) is 20.2 Å². The summed E-state index contributed by atoms with van der Waals surface area (Å²) in [6.07, 6.45) is 1.01. The number of hydrogen-bond acceptors (Lipinski definition) is 4. The first kappa shape index (κ1) is 19.4. The van der Waals surface area contributed by atoms with Gasteiger partial charge in [-0.1, -0.05) is 36.4 Å². The molecule has 1 aliphatic heterocycles. The highest BCUT2D eigenvalue weighted by atomic mass is 32.2. The van der Waals surface area contributed by atoms with Crippen LogP contribution in [0.3, 0.4) is 0 Å². The summed E-state index contributed by atoms with van der Waals surface area (Å²) >= 11 is 0. The Morgan fingerprint density at radius 3 is 2.70 bits per heavy atom. The van der Waals surface area contributed by atoms with Gasteiger partial charge >= 0.3 is 0 Å². The average molecular weight is 388 g/mol. The molecule has 1 N–H and O–H groups in total. The lowest BCUT2D eigenvalue weighted by Crippen LogP contribution is -2.30. The van der Waals surface area contributed by atoms with Gasteiger partial charge in [0, 0.05) is 32.1 Å². The monoisotopic (exact) mass is 388 g/mol. The van der Waals surface area contributed by atoms with Crippen molar-refractivity contribution >= 4 is 15.9 Å². The van der Waals surface area contributed by atoms with E-state index in [2.05, 4.69) is 5.32 Å². The van der Waals surface area contributed by atoms with E-state index in [1.807, 2.05) is 30.3 Å². The van der Waals surface area contributed by atoms with Crippen molar-refractivity contribution in [2.45, 2.75) is 24.3 Å². The third-order valence-electron chi connectivity index (χ3n) is 4.73. The van der Waals surface area contributed by atoms with E-state index >= 15 is 0 Å². The largest absolute Gasteiger partial charge is 0.497 e. The number of nitrogens with zero attached hydrogens (tertiary/aromatic N) is 1. The van der Waals surface area contributed by atoms with E-state index in [0.29, 0.717) is 38.2 Å². The molecule has 1 heterocycles. The summed E-state index contributed by atoms with van der Waals surface area (Å²) < 4.78 is 32.2. The van der Waals surface area contributed by atoms with Crippen LogP contribution in [0.15, 0.2) is 59.5 Å². The molecular formula is C20H24N2O4S. The van der Waals surface area contributed by atoms with Crippen LogP contribution in [0.25, 0.3) is 0 Å². The van der Waals surface area contributed by atoms with Crippen molar-refractivity contribution in [2.24, 2.45) is 5.92 Å². The molecule has 1 atom stereocenters. The van der Waals surface area contributed by atoms with Gasteiger partial charge in [0.1, 0.15) is 5.75 Å². The van der Waals surface area contributed by atoms with Crippen LogP contribution in [-0.4, -0.2) is 38.8 Å². The van der Waals surface area contributed by atoms with Crippen LogP contribution in [0.1, 0.15) is 18.4 Å². The molecule has 0 radical (unpaired) electrons. The minimum absolute atomic E-state index is 0.0288. The molecule has 1 amide bonds. The third kappa shape index (κ3) is 4.87. The first-order valence-electron chi connectivity index (χ1n) is 8.94. The molecule has 1 aliphatic rings. The van der Waals surface area contributed by atoms with Crippen LogP contribution in [0, 0.1) is 5.92 Å². The van der Waals surface area contributed by atoms with Crippen molar-refractivity contribution in [1.82, 2.24) is 9.62 Å². The molecule has 0 bridgehead atoms. The smallest absolute Gasteiger partial charge is 0.243 e. The molecule has 0 spiro atoms. The van der Waals surface area contributed by atoms with Crippen LogP contribution in [-0.2, 0) is 21.4 Å². The number of amides is 1. The van der Waals surface area contributed by atoms with Crippen molar-refractivity contribution in [3.05, 3.63) is 60.2 Å². The SMILES string of the molecule is COc1cccc(S(=O)(=O)N2CCC(CC(=O)NCc3ccccc3)C2)c1. The Kier molecular flexibility index (Phi) is 6.13. The van der Waals surface area contributed by atoms with Gasteiger partial charge in [-0.05, 0) is 30.0 Å². The highest BCUT2D eigenvalue weighted by Crippen LogP contribution is 2.27. The zero-order valence-electron chi connectivity index (χ0n) is 15.3. The predicted octanol–water partition coefficient (Wildman–Crippen LogP) is 2.41. The molecule has 0 saturated carbocycles. The first-order valence-corrected chi connectivity index (χ1v) is 10.4. The van der Waals surface area contributed by atoms with Crippen molar-refractivity contribution in [3.63, 3.8) is 0 Å². The molecule has 7 heteroatoms. The zero-order valence-corrected chi connectivity index (χ0v) is 16.1. The maximum absolute atomic E-state index is 12.8. The van der Waals surface area contributed by atoms with E-state index in [9.17, 15) is 13.2 Å². The number of benzene rings is 2. The minimum atomic E-state index is -3.57. The molecule has 3 rings (SSSR count). The first-order chi connectivity index (χ1) is 13.0. The lowest BCUT2D eigenvalue weighted by atomic mass is 10.0. The average Bonchev–Trinajstić information content (AvgIpc) is 3.16. The summed E-state index contributed by atoms with van der Waals surface area (Å²) in [6.45, 7) is 1.27. The quantitative estimate of drug-likeness (QED) is 0.790. The van der Waals surface area contributed by atoms with Gasteiger partial charge in [-0.2, -0.15) is 4.31 Å². The molecule has 144 valence electrons. The Morgan fingerprint density at radius 1 is 1.19 bits per heavy atom. The Labute approximate surface area is 160 Å². The van der Waals surface area contributed by atoms with Gasteiger partial charge < -0.3 is 10.1 Å². The molecule has 27 heavy (non-hydrogen) atoms. The van der Waals surface area contributed by atoms with Gasteiger partial charge in [0.05, 0.1) is 12.0 Å². The molecule has 2 aromatic rings. The highest BCUT2D eigenvalue weighted by Gasteiger charge is 2.33. The van der Waals surface area contributed by atoms with E-state index in [0.717, 1.165) is 5.56 Å². The maximum Gasteiger partial charge on any atom is 0.243 e. The number of carbonyl (C=O) groups excluding carboxylic acids is 1. The number of rotatable bonds is 7. The molecule has 1 unspecified atom stereocenters. The standard InChI is InChI=1S/C20H24N2O4S/c1-26-18-8-5-9-19(13-18)27(24,25)22-11-10-17(15-22)12-20(23)21-14-16-6-3-2-4-7-16/h2-9,13,17H,10-12,14-15H2,1H3,(H,21,23). The van der Waals surface area contributed by atoms with Crippen LogP contribution in [0.5, 0.6) is 5.75 Å². The Morgan fingerprint density at radius 2 is 1.96 bits per heavy atom. The van der Waals surface area contributed by atoms with E-state index in [-0.39, 0.29) is 16.7 Å². The summed E-state index contributed by atoms with van der Waals surface area (Å²) in [6, 6.07) is 16.2. The Bertz CT molecular complexity index is 884. The Balaban J connectivity index is 1.55. The third-order valence-corrected chi connectivity index (χ3v) is 6.60. The number of methoxy groups -OCH3 is 1. The van der Waals surface area contributed by atoms with Crippen molar-refractivity contribution in [1.29, 1.82) is 0 Å². The highest BCUT2D eigenvalue weighted by molar-refractivity contribution is 7.89. The molecule has 1 fully saturated rings. The Hall–Kier alpha value is -2.38. The summed E-state index contributed by atoms with van der Waals surface area (Å²) in [5, 5.41) is 2.90. The van der Waals surface area contributed by atoms with E-state index in [4.69, 9.17) is 4.74 Å². The minimum Gasteiger partial charge on any atom is -0.497 e. The van der Waals surface area contributed by atoms with Gasteiger partial charge in [-0.15, -0.1) is 0 Å². The number of carbonyl (C=O) groups is 1. The van der Waals surface area contributed by atoms with Gasteiger partial charge in [-0.3, -0.25) is 4.79 Å². The summed E-state index contributed by atoms with van der Waals surface area (Å²) in [4.78, 5) is 12.4. The molecule has 1 saturated heterocycles. The van der Waals surface area contributed by atoms with Crippen LogP contribution in [0.2, 0.25) is 0 Å². The van der Waals surface area contributed by atoms with Crippen molar-refractivity contribution < 1.29 is 17.9 Å². The van der Waals surface area contributed by atoms with Gasteiger partial charge in [-0.25, -0.2) is 8.42 Å². The number of ether oxygens (including phenoxy) is 1. The van der Waals surface area contributed by atoms with Gasteiger partial charge in [0.25, 0.3) is 0 Å². The lowest BCUT2D eigenvalue weighted by molar-refractivity contribution is -0.122. The van der Waals surface area contributed by atoms with Gasteiger partial charge in [0.15, 0.2) is 0 Å². The second kappa shape index (κ2) is 8.54. The predicted molar refractivity (Wildman–Crippen MR) is 103 cm³/mol. The zero-order chi connectivity index (χ0) is 19.3. The van der Waals surface area contributed by atoms with Crippen molar-refractivity contribution in [3.8, 4) is 5.75 Å². The van der Waals surface area contributed by atoms with E-state index < -0.39 is 10.0 Å². The maximum atomic E-state index is 12.8. The fourth-order valence-electron chi connectivity index (χ4n) is 3.22. The van der Waals surface area contributed by atoms with Crippen LogP contribution < -0.4 is 10.1 Å². The summed E-state index contributed by atoms with van der Waals surface area (Å²) in [7, 11) is -2.07. The van der Waals surface area contributed by atoms with Crippen LogP contribution >= 0.6 is 0 Å².